The normalized spacial score (nSPS) is 17.6. The standard InChI is InChI=1S/C27H25BrN4OS/c28-20-12-10-19(11-13-20)23-14-15-24(33-23)26-25(22-9-4-5-16-30-22)31-27(34)32(26)18-6-17-29-21-7-2-1-3-8-21/h1-5,7-16,25-26,29H,6,17-18H2,(H,31,34)/t25-,26+/m0/s1. The van der Waals surface area contributed by atoms with Crippen molar-refractivity contribution in [1.29, 1.82) is 0 Å². The Morgan fingerprint density at radius 3 is 2.53 bits per heavy atom. The predicted molar refractivity (Wildman–Crippen MR) is 144 cm³/mol. The smallest absolute Gasteiger partial charge is 0.170 e. The zero-order chi connectivity index (χ0) is 23.3. The quantitative estimate of drug-likeness (QED) is 0.197. The molecule has 0 saturated carbocycles. The second kappa shape index (κ2) is 10.4. The number of hydrogen-bond acceptors (Lipinski definition) is 4. The molecular weight excluding hydrogens is 508 g/mol. The molecule has 2 atom stereocenters. The first-order valence-electron chi connectivity index (χ1n) is 11.3. The van der Waals surface area contributed by atoms with E-state index in [1.165, 1.54) is 0 Å². The van der Waals surface area contributed by atoms with Gasteiger partial charge >= 0.3 is 0 Å². The van der Waals surface area contributed by atoms with Crippen LogP contribution < -0.4 is 10.6 Å². The minimum absolute atomic E-state index is 0.0803. The molecule has 2 N–H and O–H groups in total. The number of nitrogens with zero attached hydrogens (tertiary/aromatic N) is 2. The fourth-order valence-electron chi connectivity index (χ4n) is 4.27. The third-order valence-corrected chi connectivity index (χ3v) is 6.80. The van der Waals surface area contributed by atoms with Crippen molar-refractivity contribution in [2.75, 3.05) is 18.4 Å². The summed E-state index contributed by atoms with van der Waals surface area (Å²) >= 11 is 9.27. The van der Waals surface area contributed by atoms with Gasteiger partial charge in [0, 0.05) is 35.0 Å². The Labute approximate surface area is 213 Å². The fraction of sp³-hybridized carbons (Fsp3) is 0.185. The van der Waals surface area contributed by atoms with Crippen molar-refractivity contribution in [1.82, 2.24) is 15.2 Å². The van der Waals surface area contributed by atoms with Crippen molar-refractivity contribution in [3.63, 3.8) is 0 Å². The van der Waals surface area contributed by atoms with E-state index in [1.54, 1.807) is 0 Å². The molecule has 34 heavy (non-hydrogen) atoms. The molecule has 1 saturated heterocycles. The molecule has 2 aromatic heterocycles. The summed E-state index contributed by atoms with van der Waals surface area (Å²) in [4.78, 5) is 6.84. The highest BCUT2D eigenvalue weighted by Crippen LogP contribution is 2.40. The lowest BCUT2D eigenvalue weighted by Crippen LogP contribution is -2.31. The molecule has 1 aliphatic rings. The van der Waals surface area contributed by atoms with E-state index in [1.807, 2.05) is 72.9 Å². The molecule has 0 amide bonds. The second-order valence-corrected chi connectivity index (χ2v) is 9.48. The molecule has 5 rings (SSSR count). The van der Waals surface area contributed by atoms with Crippen LogP contribution in [0.5, 0.6) is 0 Å². The van der Waals surface area contributed by atoms with Gasteiger partial charge in [0.1, 0.15) is 17.6 Å². The maximum Gasteiger partial charge on any atom is 0.170 e. The second-order valence-electron chi connectivity index (χ2n) is 8.18. The molecule has 1 fully saturated rings. The van der Waals surface area contributed by atoms with Gasteiger partial charge in [-0.3, -0.25) is 4.98 Å². The van der Waals surface area contributed by atoms with E-state index in [-0.39, 0.29) is 12.1 Å². The zero-order valence-corrected chi connectivity index (χ0v) is 20.9. The van der Waals surface area contributed by atoms with Crippen molar-refractivity contribution >= 4 is 38.9 Å². The Morgan fingerprint density at radius 2 is 1.76 bits per heavy atom. The predicted octanol–water partition coefficient (Wildman–Crippen LogP) is 6.58. The first-order valence-corrected chi connectivity index (χ1v) is 12.5. The molecular formula is C27H25BrN4OS. The summed E-state index contributed by atoms with van der Waals surface area (Å²) in [6.45, 7) is 1.65. The number of hydrogen-bond donors (Lipinski definition) is 2. The number of rotatable bonds is 8. The number of pyridine rings is 1. The number of para-hydroxylation sites is 1. The van der Waals surface area contributed by atoms with Crippen LogP contribution in [0.25, 0.3) is 11.3 Å². The SMILES string of the molecule is S=C1N[C@@H](c2ccccn2)[C@@H](c2ccc(-c3ccc(Br)cc3)o2)N1CCCNc1ccccc1. The van der Waals surface area contributed by atoms with Crippen LogP contribution in [0.15, 0.2) is 100 Å². The zero-order valence-electron chi connectivity index (χ0n) is 18.5. The molecule has 0 bridgehead atoms. The van der Waals surface area contributed by atoms with Crippen LogP contribution in [0.3, 0.4) is 0 Å². The van der Waals surface area contributed by atoms with Gasteiger partial charge in [-0.1, -0.05) is 52.3 Å². The average molecular weight is 533 g/mol. The average Bonchev–Trinajstić information content (AvgIpc) is 3.48. The molecule has 4 aromatic rings. The van der Waals surface area contributed by atoms with Crippen LogP contribution in [-0.2, 0) is 0 Å². The molecule has 1 aliphatic heterocycles. The summed E-state index contributed by atoms with van der Waals surface area (Å²) in [6, 6.07) is 28.3. The molecule has 2 aromatic carbocycles. The summed E-state index contributed by atoms with van der Waals surface area (Å²) in [5.41, 5.74) is 3.11. The Morgan fingerprint density at radius 1 is 0.971 bits per heavy atom. The van der Waals surface area contributed by atoms with E-state index >= 15 is 0 Å². The van der Waals surface area contributed by atoms with Crippen LogP contribution in [0.2, 0.25) is 0 Å². The number of anilines is 1. The van der Waals surface area contributed by atoms with Crippen LogP contribution >= 0.6 is 28.1 Å². The third kappa shape index (κ3) is 5.00. The summed E-state index contributed by atoms with van der Waals surface area (Å²) < 4.78 is 7.44. The minimum Gasteiger partial charge on any atom is -0.459 e. The van der Waals surface area contributed by atoms with Gasteiger partial charge in [-0.25, -0.2) is 0 Å². The van der Waals surface area contributed by atoms with Gasteiger partial charge < -0.3 is 20.0 Å². The molecule has 0 radical (unpaired) electrons. The van der Waals surface area contributed by atoms with Crippen molar-refractivity contribution in [2.24, 2.45) is 0 Å². The molecule has 0 aliphatic carbocycles. The van der Waals surface area contributed by atoms with Crippen molar-refractivity contribution in [2.45, 2.75) is 18.5 Å². The first kappa shape index (κ1) is 22.6. The van der Waals surface area contributed by atoms with E-state index in [0.717, 1.165) is 57.6 Å². The van der Waals surface area contributed by atoms with E-state index in [2.05, 4.69) is 54.6 Å². The number of halogens is 1. The topological polar surface area (TPSA) is 53.3 Å². The van der Waals surface area contributed by atoms with Crippen molar-refractivity contribution in [3.8, 4) is 11.3 Å². The largest absolute Gasteiger partial charge is 0.459 e. The lowest BCUT2D eigenvalue weighted by Gasteiger charge is -2.26. The van der Waals surface area contributed by atoms with Crippen molar-refractivity contribution < 1.29 is 4.42 Å². The Hall–Kier alpha value is -3.16. The van der Waals surface area contributed by atoms with Crippen LogP contribution in [-0.4, -0.2) is 28.1 Å². The molecule has 5 nitrogen and oxygen atoms in total. The molecule has 3 heterocycles. The Bertz CT molecular complexity index is 1230. The van der Waals surface area contributed by atoms with Gasteiger partial charge in [-0.2, -0.15) is 0 Å². The van der Waals surface area contributed by atoms with Gasteiger partial charge in [-0.05, 0) is 67.2 Å². The van der Waals surface area contributed by atoms with Gasteiger partial charge in [0.15, 0.2) is 5.11 Å². The summed E-state index contributed by atoms with van der Waals surface area (Å²) in [6.07, 6.45) is 2.75. The third-order valence-electron chi connectivity index (χ3n) is 5.92. The number of furan rings is 1. The van der Waals surface area contributed by atoms with E-state index in [4.69, 9.17) is 16.6 Å². The Balaban J connectivity index is 1.37. The van der Waals surface area contributed by atoms with E-state index in [9.17, 15) is 0 Å². The molecule has 7 heteroatoms. The highest BCUT2D eigenvalue weighted by molar-refractivity contribution is 9.10. The van der Waals surface area contributed by atoms with Gasteiger partial charge in [0.2, 0.25) is 0 Å². The number of aromatic nitrogens is 1. The Kier molecular flexibility index (Phi) is 6.92. The first-order chi connectivity index (χ1) is 16.7. The van der Waals surface area contributed by atoms with Gasteiger partial charge in [0.25, 0.3) is 0 Å². The van der Waals surface area contributed by atoms with Gasteiger partial charge in [-0.15, -0.1) is 0 Å². The monoisotopic (exact) mass is 532 g/mol. The van der Waals surface area contributed by atoms with Crippen molar-refractivity contribution in [3.05, 3.63) is 107 Å². The maximum atomic E-state index is 6.40. The summed E-state index contributed by atoms with van der Waals surface area (Å²) in [5, 5.41) is 7.70. The lowest BCUT2D eigenvalue weighted by molar-refractivity contribution is 0.274. The van der Waals surface area contributed by atoms with E-state index < -0.39 is 0 Å². The highest BCUT2D eigenvalue weighted by Gasteiger charge is 2.41. The number of nitrogens with one attached hydrogen (secondary N) is 2. The lowest BCUT2D eigenvalue weighted by atomic mass is 10.0. The van der Waals surface area contributed by atoms with Crippen LogP contribution in [0, 0.1) is 0 Å². The van der Waals surface area contributed by atoms with Crippen LogP contribution in [0.1, 0.15) is 30.0 Å². The van der Waals surface area contributed by atoms with Crippen LogP contribution in [0.4, 0.5) is 5.69 Å². The maximum absolute atomic E-state index is 6.40. The van der Waals surface area contributed by atoms with Gasteiger partial charge in [0.05, 0.1) is 11.7 Å². The minimum atomic E-state index is -0.0836. The number of thiocarbonyl (C=S) groups is 1. The summed E-state index contributed by atoms with van der Waals surface area (Å²) in [7, 11) is 0. The molecule has 172 valence electrons. The molecule has 0 spiro atoms. The number of benzene rings is 2. The highest BCUT2D eigenvalue weighted by atomic mass is 79.9. The fourth-order valence-corrected chi connectivity index (χ4v) is 4.87. The summed E-state index contributed by atoms with van der Waals surface area (Å²) in [5.74, 6) is 1.71. The van der Waals surface area contributed by atoms with E-state index in [0.29, 0.717) is 0 Å². The molecule has 0 unspecified atom stereocenters.